The number of nitrogens with zero attached hydrogens (tertiary/aromatic N) is 2. The van der Waals surface area contributed by atoms with Crippen LogP contribution in [0.2, 0.25) is 0 Å². The number of hydrogen-bond donors (Lipinski definition) is 3. The molecule has 0 radical (unpaired) electrons. The summed E-state index contributed by atoms with van der Waals surface area (Å²) in [6.07, 6.45) is 4.18. The molecule has 0 bridgehead atoms. The van der Waals surface area contributed by atoms with E-state index in [-0.39, 0.29) is 29.9 Å². The lowest BCUT2D eigenvalue weighted by Gasteiger charge is -2.12. The molecule has 0 aliphatic heterocycles. The molecule has 1 aromatic carbocycles. The Kier molecular flexibility index (Phi) is 11.0. The van der Waals surface area contributed by atoms with Gasteiger partial charge in [-0.3, -0.25) is 9.79 Å². The normalized spacial score (nSPS) is 10.9. The fourth-order valence-electron chi connectivity index (χ4n) is 2.37. The van der Waals surface area contributed by atoms with Crippen molar-refractivity contribution in [2.75, 3.05) is 18.9 Å². The van der Waals surface area contributed by atoms with Crippen LogP contribution in [0.5, 0.6) is 0 Å². The molecule has 1 amide bonds. The fraction of sp³-hybridized carbons (Fsp3) is 0.421. The van der Waals surface area contributed by atoms with E-state index in [4.69, 9.17) is 0 Å². The number of hydrogen-bond acceptors (Lipinski definition) is 4. The molecule has 0 aliphatic rings. The van der Waals surface area contributed by atoms with Gasteiger partial charge in [-0.1, -0.05) is 19.1 Å². The SMILES string of the molecule is CCCC(=O)Nc1ccc(CNC(=NC)NCCc2ncc(C)s2)cc1.I. The topological polar surface area (TPSA) is 78.4 Å². The maximum atomic E-state index is 11.6. The number of guanidine groups is 1. The molecule has 0 unspecified atom stereocenters. The third-order valence-corrected chi connectivity index (χ3v) is 4.67. The van der Waals surface area contributed by atoms with Crippen LogP contribution >= 0.6 is 35.3 Å². The number of anilines is 1. The lowest BCUT2D eigenvalue weighted by Crippen LogP contribution is -2.37. The van der Waals surface area contributed by atoms with E-state index < -0.39 is 0 Å². The van der Waals surface area contributed by atoms with Gasteiger partial charge in [0.15, 0.2) is 5.96 Å². The van der Waals surface area contributed by atoms with Crippen molar-refractivity contribution in [2.45, 2.75) is 39.7 Å². The van der Waals surface area contributed by atoms with E-state index in [1.54, 1.807) is 18.4 Å². The molecule has 1 aromatic heterocycles. The van der Waals surface area contributed by atoms with Gasteiger partial charge in [-0.25, -0.2) is 4.98 Å². The highest BCUT2D eigenvalue weighted by Crippen LogP contribution is 2.11. The van der Waals surface area contributed by atoms with Gasteiger partial charge in [-0.15, -0.1) is 35.3 Å². The lowest BCUT2D eigenvalue weighted by molar-refractivity contribution is -0.116. The van der Waals surface area contributed by atoms with Gasteiger partial charge in [0.1, 0.15) is 0 Å². The van der Waals surface area contributed by atoms with Crippen LogP contribution in [0.3, 0.4) is 0 Å². The van der Waals surface area contributed by atoms with E-state index in [0.29, 0.717) is 13.0 Å². The quantitative estimate of drug-likeness (QED) is 0.293. The molecule has 0 aliphatic carbocycles. The van der Waals surface area contributed by atoms with Gasteiger partial charge < -0.3 is 16.0 Å². The molecule has 0 spiro atoms. The van der Waals surface area contributed by atoms with Crippen molar-refractivity contribution < 1.29 is 4.79 Å². The zero-order valence-corrected chi connectivity index (χ0v) is 19.2. The third kappa shape index (κ3) is 8.70. The number of nitrogens with one attached hydrogen (secondary N) is 3. The average molecular weight is 501 g/mol. The Labute approximate surface area is 182 Å². The van der Waals surface area contributed by atoms with Gasteiger partial charge in [0, 0.05) is 49.7 Å². The van der Waals surface area contributed by atoms with E-state index in [1.165, 1.54) is 4.88 Å². The van der Waals surface area contributed by atoms with Crippen LogP contribution in [0.25, 0.3) is 0 Å². The Hall–Kier alpha value is -1.68. The van der Waals surface area contributed by atoms with Gasteiger partial charge in [0.25, 0.3) is 0 Å². The van der Waals surface area contributed by atoms with E-state index in [2.05, 4.69) is 32.9 Å². The molecule has 0 saturated heterocycles. The predicted octanol–water partition coefficient (Wildman–Crippen LogP) is 3.72. The highest BCUT2D eigenvalue weighted by molar-refractivity contribution is 14.0. The Morgan fingerprint density at radius 1 is 1.22 bits per heavy atom. The van der Waals surface area contributed by atoms with E-state index in [9.17, 15) is 4.79 Å². The number of benzene rings is 1. The maximum Gasteiger partial charge on any atom is 0.224 e. The first-order valence-corrected chi connectivity index (χ1v) is 9.67. The Morgan fingerprint density at radius 2 is 1.96 bits per heavy atom. The summed E-state index contributed by atoms with van der Waals surface area (Å²) in [4.78, 5) is 21.4. The van der Waals surface area contributed by atoms with Crippen molar-refractivity contribution >= 4 is 52.9 Å². The number of carbonyl (C=O) groups excluding carboxylic acids is 1. The van der Waals surface area contributed by atoms with Crippen molar-refractivity contribution in [3.63, 3.8) is 0 Å². The molecular weight excluding hydrogens is 473 g/mol. The smallest absolute Gasteiger partial charge is 0.224 e. The van der Waals surface area contributed by atoms with Gasteiger partial charge in [-0.2, -0.15) is 0 Å². The monoisotopic (exact) mass is 501 g/mol. The van der Waals surface area contributed by atoms with E-state index in [1.807, 2.05) is 37.4 Å². The first-order valence-electron chi connectivity index (χ1n) is 8.85. The van der Waals surface area contributed by atoms with Crippen molar-refractivity contribution in [3.05, 3.63) is 45.9 Å². The van der Waals surface area contributed by atoms with Crippen molar-refractivity contribution in [1.29, 1.82) is 0 Å². The summed E-state index contributed by atoms with van der Waals surface area (Å²) in [7, 11) is 1.76. The predicted molar refractivity (Wildman–Crippen MR) is 124 cm³/mol. The molecular formula is C19H28IN5OS. The van der Waals surface area contributed by atoms with Crippen LogP contribution in [0.15, 0.2) is 35.5 Å². The van der Waals surface area contributed by atoms with Crippen molar-refractivity contribution in [1.82, 2.24) is 15.6 Å². The third-order valence-electron chi connectivity index (χ3n) is 3.70. The second kappa shape index (κ2) is 12.7. The van der Waals surface area contributed by atoms with Crippen LogP contribution in [0.4, 0.5) is 5.69 Å². The number of rotatable bonds is 8. The molecule has 3 N–H and O–H groups in total. The zero-order chi connectivity index (χ0) is 18.8. The first kappa shape index (κ1) is 23.4. The Morgan fingerprint density at radius 3 is 2.56 bits per heavy atom. The summed E-state index contributed by atoms with van der Waals surface area (Å²) in [5, 5.41) is 10.6. The summed E-state index contributed by atoms with van der Waals surface area (Å²) in [5.41, 5.74) is 1.95. The number of halogens is 1. The maximum absolute atomic E-state index is 11.6. The number of aromatic nitrogens is 1. The molecule has 0 atom stereocenters. The second-order valence-electron chi connectivity index (χ2n) is 5.96. The lowest BCUT2D eigenvalue weighted by atomic mass is 10.2. The van der Waals surface area contributed by atoms with Gasteiger partial charge >= 0.3 is 0 Å². The highest BCUT2D eigenvalue weighted by atomic mass is 127. The fourth-order valence-corrected chi connectivity index (χ4v) is 3.15. The van der Waals surface area contributed by atoms with Crippen LogP contribution in [0, 0.1) is 6.92 Å². The molecule has 2 aromatic rings. The molecule has 27 heavy (non-hydrogen) atoms. The molecule has 148 valence electrons. The standard InChI is InChI=1S/C19H27N5OS.HI/c1-4-5-17(25)24-16-8-6-15(7-9-16)13-23-19(20-3)21-11-10-18-22-12-14(2)26-18;/h6-9,12H,4-5,10-11,13H2,1-3H3,(H,24,25)(H2,20,21,23);1H. The summed E-state index contributed by atoms with van der Waals surface area (Å²) >= 11 is 1.72. The first-order chi connectivity index (χ1) is 12.6. The average Bonchev–Trinajstić information content (AvgIpc) is 3.04. The number of thiazole rings is 1. The van der Waals surface area contributed by atoms with E-state index >= 15 is 0 Å². The molecule has 1 heterocycles. The van der Waals surface area contributed by atoms with Crippen molar-refractivity contribution in [2.24, 2.45) is 4.99 Å². The molecule has 6 nitrogen and oxygen atoms in total. The molecule has 2 rings (SSSR count). The minimum Gasteiger partial charge on any atom is -0.356 e. The van der Waals surface area contributed by atoms with Gasteiger partial charge in [-0.05, 0) is 31.0 Å². The molecule has 0 fully saturated rings. The number of aliphatic imine (C=N–C) groups is 1. The molecule has 8 heteroatoms. The number of aryl methyl sites for hydroxylation is 1. The minimum atomic E-state index is 0. The van der Waals surface area contributed by atoms with E-state index in [0.717, 1.165) is 41.6 Å². The summed E-state index contributed by atoms with van der Waals surface area (Å²) in [5.74, 6) is 0.817. The summed E-state index contributed by atoms with van der Waals surface area (Å²) in [6.45, 7) is 5.51. The highest BCUT2D eigenvalue weighted by Gasteiger charge is 2.03. The molecule has 0 saturated carbocycles. The Bertz CT molecular complexity index is 730. The van der Waals surface area contributed by atoms with Gasteiger partial charge in [0.05, 0.1) is 5.01 Å². The van der Waals surface area contributed by atoms with Crippen molar-refractivity contribution in [3.8, 4) is 0 Å². The Balaban J connectivity index is 0.00000364. The summed E-state index contributed by atoms with van der Waals surface area (Å²) < 4.78 is 0. The van der Waals surface area contributed by atoms with Gasteiger partial charge in [0.2, 0.25) is 5.91 Å². The van der Waals surface area contributed by atoms with Crippen LogP contribution < -0.4 is 16.0 Å². The van der Waals surface area contributed by atoms with Crippen LogP contribution in [0.1, 0.15) is 35.2 Å². The van der Waals surface area contributed by atoms with Crippen LogP contribution in [-0.4, -0.2) is 30.4 Å². The largest absolute Gasteiger partial charge is 0.356 e. The minimum absolute atomic E-state index is 0. The van der Waals surface area contributed by atoms with Crippen LogP contribution in [-0.2, 0) is 17.8 Å². The summed E-state index contributed by atoms with van der Waals surface area (Å²) in [6, 6.07) is 7.84. The number of amides is 1. The second-order valence-corrected chi connectivity index (χ2v) is 7.28. The number of carbonyl (C=O) groups is 1. The zero-order valence-electron chi connectivity index (χ0n) is 16.0.